The van der Waals surface area contributed by atoms with Crippen LogP contribution >= 0.6 is 0 Å². The average Bonchev–Trinajstić information content (AvgIpc) is 2.41. The lowest BCUT2D eigenvalue weighted by molar-refractivity contribution is -0.113. The van der Waals surface area contributed by atoms with Crippen LogP contribution < -0.4 is 0 Å². The van der Waals surface area contributed by atoms with Crippen molar-refractivity contribution in [2.45, 2.75) is 57.8 Å². The molecule has 0 saturated carbocycles. The smallest absolute Gasteiger partial charge is 0.130 e. The maximum Gasteiger partial charge on any atom is 0.130 e. The van der Waals surface area contributed by atoms with Gasteiger partial charge in [0.2, 0.25) is 0 Å². The van der Waals surface area contributed by atoms with Crippen molar-refractivity contribution in [1.29, 1.82) is 0 Å². The van der Waals surface area contributed by atoms with Crippen LogP contribution in [0.15, 0.2) is 30.3 Å². The monoisotopic (exact) mass is 232 g/mol. The lowest BCUT2D eigenvalue weighted by Gasteiger charge is -2.28. The molecule has 0 aliphatic carbocycles. The van der Waals surface area contributed by atoms with Gasteiger partial charge in [-0.25, -0.2) is 0 Å². The first kappa shape index (κ1) is 14.0. The van der Waals surface area contributed by atoms with Gasteiger partial charge in [0, 0.05) is 0 Å². The predicted octanol–water partition coefficient (Wildman–Crippen LogP) is 4.50. The molecule has 0 aliphatic rings. The van der Waals surface area contributed by atoms with Gasteiger partial charge in [0.1, 0.15) is 6.29 Å². The predicted molar refractivity (Wildman–Crippen MR) is 73.2 cm³/mol. The van der Waals surface area contributed by atoms with Crippen LogP contribution in [0.5, 0.6) is 0 Å². The summed E-state index contributed by atoms with van der Waals surface area (Å²) in [4.78, 5) is 11.6. The summed E-state index contributed by atoms with van der Waals surface area (Å²) in [6.07, 6.45) is 7.69. The molecule has 0 heterocycles. The topological polar surface area (TPSA) is 17.1 Å². The van der Waals surface area contributed by atoms with E-state index in [4.69, 9.17) is 0 Å². The first-order valence-corrected chi connectivity index (χ1v) is 6.81. The number of carbonyl (C=O) groups is 1. The van der Waals surface area contributed by atoms with Crippen molar-refractivity contribution in [2.24, 2.45) is 0 Å². The van der Waals surface area contributed by atoms with Crippen molar-refractivity contribution < 1.29 is 4.79 Å². The molecule has 0 N–H and O–H groups in total. The summed E-state index contributed by atoms with van der Waals surface area (Å²) in [5.74, 6) is 0. The Hall–Kier alpha value is -1.11. The molecule has 0 spiro atoms. The van der Waals surface area contributed by atoms with E-state index in [0.717, 1.165) is 38.5 Å². The van der Waals surface area contributed by atoms with Gasteiger partial charge in [-0.05, 0) is 18.4 Å². The molecule has 0 bridgehead atoms. The molecule has 1 nitrogen and oxygen atoms in total. The van der Waals surface area contributed by atoms with Gasteiger partial charge in [-0.1, -0.05) is 69.9 Å². The first-order valence-electron chi connectivity index (χ1n) is 6.81. The molecular weight excluding hydrogens is 208 g/mol. The van der Waals surface area contributed by atoms with Gasteiger partial charge in [-0.3, -0.25) is 0 Å². The molecule has 0 unspecified atom stereocenters. The van der Waals surface area contributed by atoms with E-state index < -0.39 is 0 Å². The van der Waals surface area contributed by atoms with Crippen molar-refractivity contribution in [3.63, 3.8) is 0 Å². The molecule has 1 heteroatoms. The molecule has 0 aliphatic heterocycles. The number of unbranched alkanes of at least 4 members (excludes halogenated alkanes) is 2. The lowest BCUT2D eigenvalue weighted by Crippen LogP contribution is -2.28. The minimum absolute atomic E-state index is 0.243. The third kappa shape index (κ3) is 3.69. The Balaban J connectivity index is 2.93. The molecule has 0 saturated heterocycles. The highest BCUT2D eigenvalue weighted by molar-refractivity contribution is 5.68. The first-order chi connectivity index (χ1) is 8.29. The molecule has 0 atom stereocenters. The fourth-order valence-corrected chi connectivity index (χ4v) is 2.35. The summed E-state index contributed by atoms with van der Waals surface area (Å²) in [6, 6.07) is 10.3. The van der Waals surface area contributed by atoms with E-state index >= 15 is 0 Å². The van der Waals surface area contributed by atoms with Gasteiger partial charge in [0.25, 0.3) is 0 Å². The second kappa shape index (κ2) is 7.26. The van der Waals surface area contributed by atoms with Crippen LogP contribution in [-0.2, 0) is 10.2 Å². The summed E-state index contributed by atoms with van der Waals surface area (Å²) in [6.45, 7) is 4.36. The van der Waals surface area contributed by atoms with Gasteiger partial charge >= 0.3 is 0 Å². The Bertz CT molecular complexity index is 308. The lowest BCUT2D eigenvalue weighted by atomic mass is 9.74. The fraction of sp³-hybridized carbons (Fsp3) is 0.562. The zero-order valence-corrected chi connectivity index (χ0v) is 11.1. The number of hydrogen-bond donors (Lipinski definition) is 0. The second-order valence-corrected chi connectivity index (χ2v) is 4.85. The largest absolute Gasteiger partial charge is 0.302 e. The summed E-state index contributed by atoms with van der Waals surface area (Å²) in [7, 11) is 0. The standard InChI is InChI=1S/C16H24O/c1-3-5-12-16(14-17,13-6-4-2)15-10-8-7-9-11-15/h7-11,14H,3-6,12-13H2,1-2H3. The molecule has 17 heavy (non-hydrogen) atoms. The summed E-state index contributed by atoms with van der Waals surface area (Å²) >= 11 is 0. The second-order valence-electron chi connectivity index (χ2n) is 4.85. The van der Waals surface area contributed by atoms with E-state index in [9.17, 15) is 4.79 Å². The van der Waals surface area contributed by atoms with Crippen LogP contribution in [0, 0.1) is 0 Å². The van der Waals surface area contributed by atoms with E-state index in [-0.39, 0.29) is 5.41 Å². The van der Waals surface area contributed by atoms with E-state index in [1.54, 1.807) is 0 Å². The Labute approximate surface area is 105 Å². The molecule has 1 aromatic rings. The highest BCUT2D eigenvalue weighted by atomic mass is 16.1. The molecule has 1 aromatic carbocycles. The normalized spacial score (nSPS) is 11.4. The highest BCUT2D eigenvalue weighted by Crippen LogP contribution is 2.33. The quantitative estimate of drug-likeness (QED) is 0.603. The van der Waals surface area contributed by atoms with Crippen LogP contribution in [0.3, 0.4) is 0 Å². The van der Waals surface area contributed by atoms with Crippen molar-refractivity contribution >= 4 is 6.29 Å². The van der Waals surface area contributed by atoms with Gasteiger partial charge in [-0.2, -0.15) is 0 Å². The minimum atomic E-state index is -0.243. The van der Waals surface area contributed by atoms with Crippen LogP contribution in [0.2, 0.25) is 0 Å². The number of hydrogen-bond acceptors (Lipinski definition) is 1. The van der Waals surface area contributed by atoms with Crippen molar-refractivity contribution in [3.05, 3.63) is 35.9 Å². The van der Waals surface area contributed by atoms with E-state index in [1.807, 2.05) is 18.2 Å². The molecule has 0 aromatic heterocycles. The number of benzene rings is 1. The van der Waals surface area contributed by atoms with Crippen molar-refractivity contribution in [1.82, 2.24) is 0 Å². The van der Waals surface area contributed by atoms with E-state index in [1.165, 1.54) is 11.8 Å². The maximum absolute atomic E-state index is 11.6. The third-order valence-corrected chi connectivity index (χ3v) is 3.53. The zero-order valence-electron chi connectivity index (χ0n) is 11.1. The summed E-state index contributed by atoms with van der Waals surface area (Å²) in [5.41, 5.74) is 0.949. The Kier molecular flexibility index (Phi) is 5.96. The highest BCUT2D eigenvalue weighted by Gasteiger charge is 2.30. The van der Waals surface area contributed by atoms with E-state index in [0.29, 0.717) is 0 Å². The van der Waals surface area contributed by atoms with Crippen molar-refractivity contribution in [3.8, 4) is 0 Å². The van der Waals surface area contributed by atoms with Gasteiger partial charge in [0.15, 0.2) is 0 Å². The molecular formula is C16H24O. The number of rotatable bonds is 8. The Morgan fingerprint density at radius 1 is 1.00 bits per heavy atom. The van der Waals surface area contributed by atoms with Crippen molar-refractivity contribution in [2.75, 3.05) is 0 Å². The third-order valence-electron chi connectivity index (χ3n) is 3.53. The molecule has 1 rings (SSSR count). The Morgan fingerprint density at radius 3 is 1.94 bits per heavy atom. The van der Waals surface area contributed by atoms with Gasteiger partial charge in [-0.15, -0.1) is 0 Å². The molecule has 0 amide bonds. The van der Waals surface area contributed by atoms with Crippen LogP contribution in [-0.4, -0.2) is 6.29 Å². The molecule has 0 radical (unpaired) electrons. The minimum Gasteiger partial charge on any atom is -0.302 e. The summed E-state index contributed by atoms with van der Waals surface area (Å²) < 4.78 is 0. The van der Waals surface area contributed by atoms with Gasteiger partial charge < -0.3 is 4.79 Å². The van der Waals surface area contributed by atoms with Crippen LogP contribution in [0.25, 0.3) is 0 Å². The molecule has 94 valence electrons. The molecule has 0 fully saturated rings. The van der Waals surface area contributed by atoms with Gasteiger partial charge in [0.05, 0.1) is 5.41 Å². The Morgan fingerprint density at radius 2 is 1.53 bits per heavy atom. The fourth-order valence-electron chi connectivity index (χ4n) is 2.35. The average molecular weight is 232 g/mol. The summed E-state index contributed by atoms with van der Waals surface area (Å²) in [5, 5.41) is 0. The zero-order chi connectivity index (χ0) is 12.6. The number of aldehydes is 1. The van der Waals surface area contributed by atoms with Crippen LogP contribution in [0.1, 0.15) is 57.9 Å². The van der Waals surface area contributed by atoms with Crippen LogP contribution in [0.4, 0.5) is 0 Å². The van der Waals surface area contributed by atoms with E-state index in [2.05, 4.69) is 26.0 Å². The maximum atomic E-state index is 11.6. The number of carbonyl (C=O) groups excluding carboxylic acids is 1. The SMILES string of the molecule is CCCCC(C=O)(CCCC)c1ccccc1.